The lowest BCUT2D eigenvalue weighted by Crippen LogP contribution is -2.30. The number of anilines is 1. The van der Waals surface area contributed by atoms with Gasteiger partial charge in [0.1, 0.15) is 5.82 Å². The van der Waals surface area contributed by atoms with Crippen LogP contribution >= 0.6 is 0 Å². The molecular formula is C13H19N5. The summed E-state index contributed by atoms with van der Waals surface area (Å²) in [7, 11) is 0. The lowest BCUT2D eigenvalue weighted by atomic mass is 10.1. The van der Waals surface area contributed by atoms with Gasteiger partial charge in [0, 0.05) is 17.8 Å². The molecule has 96 valence electrons. The Morgan fingerprint density at radius 3 is 3.22 bits per heavy atom. The third-order valence-electron chi connectivity index (χ3n) is 3.86. The summed E-state index contributed by atoms with van der Waals surface area (Å²) in [4.78, 5) is 6.93. The van der Waals surface area contributed by atoms with E-state index in [0.29, 0.717) is 11.9 Å². The van der Waals surface area contributed by atoms with Gasteiger partial charge in [-0.2, -0.15) is 9.61 Å². The highest BCUT2D eigenvalue weighted by Gasteiger charge is 2.24. The van der Waals surface area contributed by atoms with E-state index in [0.717, 1.165) is 18.6 Å². The molecule has 1 aliphatic rings. The first kappa shape index (κ1) is 11.5. The molecule has 1 aliphatic heterocycles. The number of fused-ring (bicyclic) bond motifs is 1. The van der Waals surface area contributed by atoms with Crippen molar-refractivity contribution in [2.45, 2.75) is 32.2 Å². The molecule has 5 heteroatoms. The van der Waals surface area contributed by atoms with Gasteiger partial charge in [-0.25, -0.2) is 4.98 Å². The molecule has 0 bridgehead atoms. The van der Waals surface area contributed by atoms with E-state index in [1.54, 1.807) is 16.8 Å². The van der Waals surface area contributed by atoms with Crippen molar-refractivity contribution in [2.75, 3.05) is 18.8 Å². The molecule has 1 fully saturated rings. The second-order valence-corrected chi connectivity index (χ2v) is 4.90. The zero-order valence-corrected chi connectivity index (χ0v) is 10.7. The van der Waals surface area contributed by atoms with Gasteiger partial charge in [0.15, 0.2) is 5.65 Å². The summed E-state index contributed by atoms with van der Waals surface area (Å²) >= 11 is 0. The minimum Gasteiger partial charge on any atom is -0.384 e. The molecule has 2 N–H and O–H groups in total. The van der Waals surface area contributed by atoms with E-state index in [2.05, 4.69) is 21.9 Å². The van der Waals surface area contributed by atoms with Crippen molar-refractivity contribution in [3.05, 3.63) is 24.0 Å². The Balaban J connectivity index is 1.89. The van der Waals surface area contributed by atoms with Crippen molar-refractivity contribution in [1.82, 2.24) is 19.5 Å². The molecule has 0 spiro atoms. The maximum absolute atomic E-state index is 5.88. The SMILES string of the molecule is CCN1CCCC1Cc1cnn2c(N)ccnc12. The summed E-state index contributed by atoms with van der Waals surface area (Å²) in [5.74, 6) is 0.644. The fourth-order valence-electron chi connectivity index (χ4n) is 2.90. The monoisotopic (exact) mass is 245 g/mol. The lowest BCUT2D eigenvalue weighted by molar-refractivity contribution is 0.266. The van der Waals surface area contributed by atoms with Crippen molar-refractivity contribution in [2.24, 2.45) is 0 Å². The third-order valence-corrected chi connectivity index (χ3v) is 3.86. The predicted octanol–water partition coefficient (Wildman–Crippen LogP) is 1.34. The van der Waals surface area contributed by atoms with Crippen molar-refractivity contribution in [3.8, 4) is 0 Å². The van der Waals surface area contributed by atoms with Crippen molar-refractivity contribution in [3.63, 3.8) is 0 Å². The number of nitrogens with zero attached hydrogens (tertiary/aromatic N) is 4. The smallest absolute Gasteiger partial charge is 0.160 e. The van der Waals surface area contributed by atoms with E-state index < -0.39 is 0 Å². The summed E-state index contributed by atoms with van der Waals surface area (Å²) < 4.78 is 1.72. The van der Waals surface area contributed by atoms with Crippen LogP contribution in [0.2, 0.25) is 0 Å². The van der Waals surface area contributed by atoms with Crippen LogP contribution in [0.25, 0.3) is 5.65 Å². The Hall–Kier alpha value is -1.62. The Morgan fingerprint density at radius 1 is 1.50 bits per heavy atom. The molecule has 0 aliphatic carbocycles. The third kappa shape index (κ3) is 1.84. The number of likely N-dealkylation sites (N-methyl/N-ethyl adjacent to an activating group) is 1. The van der Waals surface area contributed by atoms with E-state index in [-0.39, 0.29) is 0 Å². The van der Waals surface area contributed by atoms with Crippen LogP contribution in [0.15, 0.2) is 18.5 Å². The fraction of sp³-hybridized carbons (Fsp3) is 0.538. The Labute approximate surface area is 107 Å². The zero-order valence-electron chi connectivity index (χ0n) is 10.7. The molecule has 1 unspecified atom stereocenters. The number of rotatable bonds is 3. The van der Waals surface area contributed by atoms with Crippen molar-refractivity contribution in [1.29, 1.82) is 0 Å². The van der Waals surface area contributed by atoms with Gasteiger partial charge >= 0.3 is 0 Å². The van der Waals surface area contributed by atoms with Gasteiger partial charge in [0.25, 0.3) is 0 Å². The quantitative estimate of drug-likeness (QED) is 0.886. The molecule has 0 radical (unpaired) electrons. The van der Waals surface area contributed by atoms with E-state index in [1.807, 2.05) is 6.20 Å². The maximum Gasteiger partial charge on any atom is 0.160 e. The molecular weight excluding hydrogens is 226 g/mol. The van der Waals surface area contributed by atoms with Crippen molar-refractivity contribution < 1.29 is 0 Å². The van der Waals surface area contributed by atoms with Crippen molar-refractivity contribution >= 4 is 11.5 Å². The Kier molecular flexibility index (Phi) is 2.91. The summed E-state index contributed by atoms with van der Waals surface area (Å²) in [6.45, 7) is 4.57. The highest BCUT2D eigenvalue weighted by atomic mass is 15.3. The first-order valence-corrected chi connectivity index (χ1v) is 6.60. The number of hydrogen-bond acceptors (Lipinski definition) is 4. The number of nitrogen functional groups attached to an aromatic ring is 1. The number of nitrogens with two attached hydrogens (primary N) is 1. The summed E-state index contributed by atoms with van der Waals surface area (Å²) in [5, 5.41) is 4.32. The largest absolute Gasteiger partial charge is 0.384 e. The minimum absolute atomic E-state index is 0.631. The van der Waals surface area contributed by atoms with Crippen LogP contribution in [0.5, 0.6) is 0 Å². The highest BCUT2D eigenvalue weighted by Crippen LogP contribution is 2.22. The molecule has 2 aromatic rings. The maximum atomic E-state index is 5.88. The topological polar surface area (TPSA) is 59.5 Å². The van der Waals surface area contributed by atoms with Crippen LogP contribution < -0.4 is 5.73 Å². The van der Waals surface area contributed by atoms with Gasteiger partial charge in [-0.15, -0.1) is 0 Å². The molecule has 0 saturated carbocycles. The first-order chi connectivity index (χ1) is 8.79. The molecule has 5 nitrogen and oxygen atoms in total. The predicted molar refractivity (Wildman–Crippen MR) is 71.4 cm³/mol. The molecule has 18 heavy (non-hydrogen) atoms. The van der Waals surface area contributed by atoms with E-state index in [4.69, 9.17) is 5.73 Å². The lowest BCUT2D eigenvalue weighted by Gasteiger charge is -2.22. The molecule has 0 aromatic carbocycles. The van der Waals surface area contributed by atoms with Crippen LogP contribution in [0.3, 0.4) is 0 Å². The number of hydrogen-bond donors (Lipinski definition) is 1. The second kappa shape index (κ2) is 4.57. The average molecular weight is 245 g/mol. The van der Waals surface area contributed by atoms with E-state index in [1.165, 1.54) is 24.9 Å². The molecule has 1 atom stereocenters. The molecule has 1 saturated heterocycles. The average Bonchev–Trinajstić information content (AvgIpc) is 2.98. The van der Waals surface area contributed by atoms with Crippen LogP contribution in [-0.2, 0) is 6.42 Å². The molecule has 2 aromatic heterocycles. The van der Waals surface area contributed by atoms with E-state index >= 15 is 0 Å². The van der Waals surface area contributed by atoms with Crippen LogP contribution in [0.1, 0.15) is 25.3 Å². The number of aromatic nitrogens is 3. The van der Waals surface area contributed by atoms with Crippen LogP contribution in [0.4, 0.5) is 5.82 Å². The van der Waals surface area contributed by atoms with Gasteiger partial charge in [-0.05, 0) is 38.4 Å². The van der Waals surface area contributed by atoms with Crippen LogP contribution in [-0.4, -0.2) is 38.6 Å². The molecule has 3 heterocycles. The zero-order chi connectivity index (χ0) is 12.5. The standard InChI is InChI=1S/C13H19N5/c1-2-17-7-3-4-11(17)8-10-9-16-18-12(14)5-6-15-13(10)18/h5-6,9,11H,2-4,7-8,14H2,1H3. The molecule has 0 amide bonds. The summed E-state index contributed by atoms with van der Waals surface area (Å²) in [6.07, 6.45) is 7.25. The minimum atomic E-state index is 0.631. The van der Waals surface area contributed by atoms with Gasteiger partial charge in [0.2, 0.25) is 0 Å². The Bertz CT molecular complexity index is 547. The summed E-state index contributed by atoms with van der Waals surface area (Å²) in [6, 6.07) is 2.41. The first-order valence-electron chi connectivity index (χ1n) is 6.60. The van der Waals surface area contributed by atoms with Crippen LogP contribution in [0, 0.1) is 0 Å². The van der Waals surface area contributed by atoms with Gasteiger partial charge in [-0.3, -0.25) is 0 Å². The van der Waals surface area contributed by atoms with Gasteiger partial charge in [0.05, 0.1) is 6.20 Å². The second-order valence-electron chi connectivity index (χ2n) is 4.90. The van der Waals surface area contributed by atoms with E-state index in [9.17, 15) is 0 Å². The normalized spacial score (nSPS) is 20.8. The molecule has 3 rings (SSSR count). The van der Waals surface area contributed by atoms with Gasteiger partial charge in [-0.1, -0.05) is 6.92 Å². The number of likely N-dealkylation sites (tertiary alicyclic amines) is 1. The fourth-order valence-corrected chi connectivity index (χ4v) is 2.90. The highest BCUT2D eigenvalue weighted by molar-refractivity contribution is 5.51. The summed E-state index contributed by atoms with van der Waals surface area (Å²) in [5.41, 5.74) is 7.98. The van der Waals surface area contributed by atoms with Gasteiger partial charge < -0.3 is 10.6 Å². The Morgan fingerprint density at radius 2 is 2.39 bits per heavy atom.